The van der Waals surface area contributed by atoms with Gasteiger partial charge in [0, 0.05) is 12.6 Å². The summed E-state index contributed by atoms with van der Waals surface area (Å²) >= 11 is 11.9. The third kappa shape index (κ3) is 3.88. The van der Waals surface area contributed by atoms with Gasteiger partial charge in [-0.2, -0.15) is 0 Å². The summed E-state index contributed by atoms with van der Waals surface area (Å²) in [5, 5.41) is 4.88. The molecule has 0 bridgehead atoms. The fourth-order valence-corrected chi connectivity index (χ4v) is 3.05. The standard InChI is InChI=1S/C15H21Cl2N/c1-11(13-5-3-2-4-6-13)18-10-12-7-8-14(16)15(17)9-12/h7-9,11,13,18H,2-6,10H2,1H3/t11-/m1/s1. The van der Waals surface area contributed by atoms with Crippen molar-refractivity contribution in [1.82, 2.24) is 5.32 Å². The van der Waals surface area contributed by atoms with Crippen LogP contribution in [0.3, 0.4) is 0 Å². The number of hydrogen-bond acceptors (Lipinski definition) is 1. The molecule has 0 heterocycles. The monoisotopic (exact) mass is 285 g/mol. The van der Waals surface area contributed by atoms with Crippen LogP contribution >= 0.6 is 23.2 Å². The van der Waals surface area contributed by atoms with Gasteiger partial charge in [-0.15, -0.1) is 0 Å². The van der Waals surface area contributed by atoms with Crippen LogP contribution in [0.4, 0.5) is 0 Å². The van der Waals surface area contributed by atoms with Gasteiger partial charge in [-0.25, -0.2) is 0 Å². The molecule has 0 saturated heterocycles. The summed E-state index contributed by atoms with van der Waals surface area (Å²) in [6.45, 7) is 3.17. The van der Waals surface area contributed by atoms with E-state index in [-0.39, 0.29) is 0 Å². The van der Waals surface area contributed by atoms with Gasteiger partial charge in [-0.1, -0.05) is 48.5 Å². The van der Waals surface area contributed by atoms with E-state index in [9.17, 15) is 0 Å². The SMILES string of the molecule is C[C@@H](NCc1ccc(Cl)c(Cl)c1)C1CCCCC1. The van der Waals surface area contributed by atoms with Crippen LogP contribution in [0.5, 0.6) is 0 Å². The average Bonchev–Trinajstić information content (AvgIpc) is 2.41. The quantitative estimate of drug-likeness (QED) is 0.816. The van der Waals surface area contributed by atoms with Crippen molar-refractivity contribution in [2.75, 3.05) is 0 Å². The van der Waals surface area contributed by atoms with E-state index in [2.05, 4.69) is 12.2 Å². The maximum atomic E-state index is 6.02. The summed E-state index contributed by atoms with van der Waals surface area (Å²) < 4.78 is 0. The molecule has 1 N–H and O–H groups in total. The Morgan fingerprint density at radius 1 is 1.17 bits per heavy atom. The first kappa shape index (κ1) is 14.2. The van der Waals surface area contributed by atoms with Crippen molar-refractivity contribution in [2.45, 2.75) is 51.6 Å². The number of hydrogen-bond donors (Lipinski definition) is 1. The van der Waals surface area contributed by atoms with Crippen LogP contribution in [0.1, 0.15) is 44.6 Å². The molecule has 0 aromatic heterocycles. The van der Waals surface area contributed by atoms with E-state index in [4.69, 9.17) is 23.2 Å². The van der Waals surface area contributed by atoms with Gasteiger partial charge in [0.25, 0.3) is 0 Å². The van der Waals surface area contributed by atoms with Gasteiger partial charge in [0.2, 0.25) is 0 Å². The van der Waals surface area contributed by atoms with Gasteiger partial charge in [0.1, 0.15) is 0 Å². The van der Waals surface area contributed by atoms with Crippen molar-refractivity contribution in [3.05, 3.63) is 33.8 Å². The lowest BCUT2D eigenvalue weighted by molar-refractivity contribution is 0.280. The predicted octanol–water partition coefficient (Wildman–Crippen LogP) is 5.05. The Morgan fingerprint density at radius 2 is 1.89 bits per heavy atom. The molecule has 0 radical (unpaired) electrons. The summed E-state index contributed by atoms with van der Waals surface area (Å²) in [5.41, 5.74) is 1.20. The van der Waals surface area contributed by atoms with Crippen LogP contribution in [0.25, 0.3) is 0 Å². The van der Waals surface area contributed by atoms with Crippen LogP contribution in [0.15, 0.2) is 18.2 Å². The number of rotatable bonds is 4. The molecular weight excluding hydrogens is 265 g/mol. The first-order valence-corrected chi connectivity index (χ1v) is 7.59. The lowest BCUT2D eigenvalue weighted by Crippen LogP contribution is -2.34. The molecule has 0 aliphatic heterocycles. The second kappa shape index (κ2) is 6.79. The van der Waals surface area contributed by atoms with Gasteiger partial charge in [-0.3, -0.25) is 0 Å². The van der Waals surface area contributed by atoms with Crippen LogP contribution in [-0.4, -0.2) is 6.04 Å². The van der Waals surface area contributed by atoms with E-state index in [1.54, 1.807) is 0 Å². The Balaban J connectivity index is 1.84. The highest BCUT2D eigenvalue weighted by Crippen LogP contribution is 2.27. The molecule has 3 heteroatoms. The largest absolute Gasteiger partial charge is 0.310 e. The summed E-state index contributed by atoms with van der Waals surface area (Å²) in [6, 6.07) is 6.44. The summed E-state index contributed by atoms with van der Waals surface area (Å²) in [7, 11) is 0. The Morgan fingerprint density at radius 3 is 2.56 bits per heavy atom. The zero-order valence-corrected chi connectivity index (χ0v) is 12.4. The molecule has 100 valence electrons. The van der Waals surface area contributed by atoms with Crippen molar-refractivity contribution >= 4 is 23.2 Å². The van der Waals surface area contributed by atoms with Crippen molar-refractivity contribution in [3.8, 4) is 0 Å². The fraction of sp³-hybridized carbons (Fsp3) is 0.600. The Kier molecular flexibility index (Phi) is 5.35. The number of benzene rings is 1. The molecular formula is C15H21Cl2N. The molecule has 1 nitrogen and oxygen atoms in total. The topological polar surface area (TPSA) is 12.0 Å². The zero-order chi connectivity index (χ0) is 13.0. The normalized spacial score (nSPS) is 18.8. The molecule has 0 spiro atoms. The Hall–Kier alpha value is -0.240. The minimum atomic E-state index is 0.583. The molecule has 1 aliphatic rings. The van der Waals surface area contributed by atoms with Crippen molar-refractivity contribution in [2.24, 2.45) is 5.92 Å². The maximum absolute atomic E-state index is 6.02. The van der Waals surface area contributed by atoms with Gasteiger partial charge in [0.15, 0.2) is 0 Å². The van der Waals surface area contributed by atoms with Crippen LogP contribution in [0, 0.1) is 5.92 Å². The molecule has 0 unspecified atom stereocenters. The molecule has 1 fully saturated rings. The fourth-order valence-electron chi connectivity index (χ4n) is 2.73. The highest BCUT2D eigenvalue weighted by atomic mass is 35.5. The molecule has 2 rings (SSSR count). The lowest BCUT2D eigenvalue weighted by atomic mass is 9.84. The van der Waals surface area contributed by atoms with E-state index in [0.29, 0.717) is 16.1 Å². The molecule has 1 aromatic carbocycles. The van der Waals surface area contributed by atoms with Crippen LogP contribution in [-0.2, 0) is 6.54 Å². The van der Waals surface area contributed by atoms with Crippen LogP contribution in [0.2, 0.25) is 10.0 Å². The van der Waals surface area contributed by atoms with Crippen molar-refractivity contribution < 1.29 is 0 Å². The van der Waals surface area contributed by atoms with E-state index >= 15 is 0 Å². The zero-order valence-electron chi connectivity index (χ0n) is 10.9. The summed E-state index contributed by atoms with van der Waals surface area (Å²) in [4.78, 5) is 0. The molecule has 1 saturated carbocycles. The van der Waals surface area contributed by atoms with E-state index in [0.717, 1.165) is 12.5 Å². The van der Waals surface area contributed by atoms with Crippen LogP contribution < -0.4 is 5.32 Å². The van der Waals surface area contributed by atoms with E-state index in [1.807, 2.05) is 18.2 Å². The molecule has 0 amide bonds. The average molecular weight is 286 g/mol. The van der Waals surface area contributed by atoms with Gasteiger partial charge in [-0.05, 0) is 43.4 Å². The number of halogens is 2. The lowest BCUT2D eigenvalue weighted by Gasteiger charge is -2.28. The second-order valence-corrected chi connectivity index (χ2v) is 6.13. The molecule has 18 heavy (non-hydrogen) atoms. The predicted molar refractivity (Wildman–Crippen MR) is 79.3 cm³/mol. The molecule has 1 aliphatic carbocycles. The van der Waals surface area contributed by atoms with E-state index in [1.165, 1.54) is 37.7 Å². The van der Waals surface area contributed by atoms with Gasteiger partial charge in [0.05, 0.1) is 10.0 Å². The van der Waals surface area contributed by atoms with Gasteiger partial charge >= 0.3 is 0 Å². The maximum Gasteiger partial charge on any atom is 0.0595 e. The number of nitrogens with one attached hydrogen (secondary N) is 1. The van der Waals surface area contributed by atoms with Crippen molar-refractivity contribution in [1.29, 1.82) is 0 Å². The Labute approximate surface area is 120 Å². The first-order valence-electron chi connectivity index (χ1n) is 6.84. The minimum absolute atomic E-state index is 0.583. The highest BCUT2D eigenvalue weighted by Gasteiger charge is 2.19. The second-order valence-electron chi connectivity index (χ2n) is 5.32. The molecule has 1 aromatic rings. The minimum Gasteiger partial charge on any atom is -0.310 e. The van der Waals surface area contributed by atoms with E-state index < -0.39 is 0 Å². The highest BCUT2D eigenvalue weighted by molar-refractivity contribution is 6.42. The smallest absolute Gasteiger partial charge is 0.0595 e. The third-order valence-corrected chi connectivity index (χ3v) is 4.71. The first-order chi connectivity index (χ1) is 8.66. The van der Waals surface area contributed by atoms with Gasteiger partial charge < -0.3 is 5.32 Å². The molecule has 1 atom stereocenters. The Bertz CT molecular complexity index is 386. The van der Waals surface area contributed by atoms with Crippen molar-refractivity contribution in [3.63, 3.8) is 0 Å². The summed E-state index contributed by atoms with van der Waals surface area (Å²) in [5.74, 6) is 0.835. The summed E-state index contributed by atoms with van der Waals surface area (Å²) in [6.07, 6.45) is 6.94. The third-order valence-electron chi connectivity index (χ3n) is 3.97.